The highest BCUT2D eigenvalue weighted by molar-refractivity contribution is 5.88. The number of halogens is 4. The third-order valence-corrected chi connectivity index (χ3v) is 5.58. The number of aryl methyl sites for hydroxylation is 2. The van der Waals surface area contributed by atoms with Crippen molar-refractivity contribution in [3.63, 3.8) is 0 Å². The molecular weight excluding hydrogens is 458 g/mol. The summed E-state index contributed by atoms with van der Waals surface area (Å²) in [5.41, 5.74) is 3.55. The summed E-state index contributed by atoms with van der Waals surface area (Å²) in [6.45, 7) is 3.96. The lowest BCUT2D eigenvalue weighted by Crippen LogP contribution is -2.25. The molecule has 3 N–H and O–H groups in total. The van der Waals surface area contributed by atoms with E-state index in [1.165, 1.54) is 24.6 Å². The van der Waals surface area contributed by atoms with Crippen molar-refractivity contribution in [2.24, 2.45) is 7.05 Å². The first-order valence-electron chi connectivity index (χ1n) is 10.5. The number of pyridine rings is 1. The van der Waals surface area contributed by atoms with Crippen LogP contribution in [0.25, 0.3) is 11.0 Å². The van der Waals surface area contributed by atoms with Gasteiger partial charge in [-0.3, -0.25) is 9.36 Å². The topological polar surface area (TPSA) is 104 Å². The van der Waals surface area contributed by atoms with E-state index in [0.29, 0.717) is 36.9 Å². The minimum absolute atomic E-state index is 0.0585. The van der Waals surface area contributed by atoms with Gasteiger partial charge < -0.3 is 20.5 Å². The number of nitrogens with one attached hydrogen (secondary N) is 1. The molecule has 2 atom stereocenters. The van der Waals surface area contributed by atoms with E-state index < -0.39 is 29.2 Å². The molecule has 1 fully saturated rings. The number of hydrogen-bond donors (Lipinski definition) is 2. The second kappa shape index (κ2) is 8.75. The molecule has 0 unspecified atom stereocenters. The number of nitrogen functional groups attached to an aromatic ring is 1. The number of rotatable bonds is 5. The summed E-state index contributed by atoms with van der Waals surface area (Å²) >= 11 is 0. The summed E-state index contributed by atoms with van der Waals surface area (Å²) in [5.74, 6) is -0.856. The van der Waals surface area contributed by atoms with Crippen molar-refractivity contribution in [1.82, 2.24) is 14.5 Å². The van der Waals surface area contributed by atoms with E-state index in [1.54, 1.807) is 6.92 Å². The van der Waals surface area contributed by atoms with Crippen LogP contribution in [-0.4, -0.2) is 33.9 Å². The maximum Gasteiger partial charge on any atom is 0.419 e. The van der Waals surface area contributed by atoms with Crippen LogP contribution in [0.3, 0.4) is 0 Å². The Labute approximate surface area is 191 Å². The van der Waals surface area contributed by atoms with Crippen molar-refractivity contribution in [2.75, 3.05) is 24.3 Å². The van der Waals surface area contributed by atoms with Crippen LogP contribution in [0.5, 0.6) is 5.75 Å². The third kappa shape index (κ3) is 4.49. The standard InChI is InChI=1S/C22H23F4N5O3/c1-10(14-6-12(27)7-16(18(14)23)22(24,25)26)28-19-15-8-17(34-13-4-5-33-9-13)21(32)31(3)20(15)30-11(2)29-19/h6-8,10,13H,4-5,9,27H2,1-3H3,(H,28,29,30)/t10-,13+/m1/s1. The molecule has 0 aliphatic carbocycles. The van der Waals surface area contributed by atoms with E-state index >= 15 is 0 Å². The Balaban J connectivity index is 1.78. The second-order valence-corrected chi connectivity index (χ2v) is 8.17. The SMILES string of the molecule is Cc1nc(N[C@H](C)c2cc(N)cc(C(F)(F)F)c2F)c2cc(O[C@H]3CCOC3)c(=O)n(C)c2n1. The van der Waals surface area contributed by atoms with Crippen LogP contribution in [0, 0.1) is 12.7 Å². The normalized spacial score (nSPS) is 17.2. The fourth-order valence-corrected chi connectivity index (χ4v) is 3.86. The Hall–Kier alpha value is -3.41. The fourth-order valence-electron chi connectivity index (χ4n) is 3.86. The van der Waals surface area contributed by atoms with Crippen molar-refractivity contribution < 1.29 is 27.0 Å². The Morgan fingerprint density at radius 1 is 1.29 bits per heavy atom. The van der Waals surface area contributed by atoms with Gasteiger partial charge in [-0.2, -0.15) is 13.2 Å². The van der Waals surface area contributed by atoms with Crippen LogP contribution in [-0.2, 0) is 18.0 Å². The average Bonchev–Trinajstić information content (AvgIpc) is 3.26. The van der Waals surface area contributed by atoms with Crippen LogP contribution < -0.4 is 21.3 Å². The molecule has 2 aromatic heterocycles. The summed E-state index contributed by atoms with van der Waals surface area (Å²) in [7, 11) is 1.52. The second-order valence-electron chi connectivity index (χ2n) is 8.17. The van der Waals surface area contributed by atoms with Gasteiger partial charge in [-0.1, -0.05) is 0 Å². The lowest BCUT2D eigenvalue weighted by molar-refractivity contribution is -0.140. The molecule has 1 aliphatic rings. The number of anilines is 2. The van der Waals surface area contributed by atoms with E-state index in [4.69, 9.17) is 15.2 Å². The maximum absolute atomic E-state index is 14.8. The predicted octanol–water partition coefficient (Wildman–Crippen LogP) is 3.72. The molecule has 8 nitrogen and oxygen atoms in total. The molecule has 4 rings (SSSR count). The zero-order valence-corrected chi connectivity index (χ0v) is 18.7. The first-order valence-corrected chi connectivity index (χ1v) is 10.5. The Bertz CT molecular complexity index is 1300. The molecule has 12 heteroatoms. The van der Waals surface area contributed by atoms with E-state index in [9.17, 15) is 22.4 Å². The maximum atomic E-state index is 14.8. The van der Waals surface area contributed by atoms with Gasteiger partial charge in [0.1, 0.15) is 29.2 Å². The van der Waals surface area contributed by atoms with Gasteiger partial charge >= 0.3 is 6.18 Å². The highest BCUT2D eigenvalue weighted by Gasteiger charge is 2.36. The number of nitrogens with zero attached hydrogens (tertiary/aromatic N) is 3. The molecule has 3 heterocycles. The van der Waals surface area contributed by atoms with Crippen molar-refractivity contribution >= 4 is 22.5 Å². The third-order valence-electron chi connectivity index (χ3n) is 5.58. The average molecular weight is 481 g/mol. The largest absolute Gasteiger partial charge is 0.482 e. The molecule has 1 aliphatic heterocycles. The predicted molar refractivity (Wildman–Crippen MR) is 117 cm³/mol. The van der Waals surface area contributed by atoms with E-state index in [2.05, 4.69) is 15.3 Å². The molecule has 0 amide bonds. The summed E-state index contributed by atoms with van der Waals surface area (Å²) < 4.78 is 67.0. The van der Waals surface area contributed by atoms with E-state index in [0.717, 1.165) is 6.07 Å². The summed E-state index contributed by atoms with van der Waals surface area (Å²) in [5, 5.41) is 3.33. The minimum Gasteiger partial charge on any atom is -0.482 e. The Morgan fingerprint density at radius 2 is 2.03 bits per heavy atom. The Kier molecular flexibility index (Phi) is 6.11. The molecule has 34 heavy (non-hydrogen) atoms. The number of benzene rings is 1. The van der Waals surface area contributed by atoms with Gasteiger partial charge in [-0.05, 0) is 26.0 Å². The Morgan fingerprint density at radius 3 is 2.68 bits per heavy atom. The number of ether oxygens (including phenoxy) is 2. The summed E-state index contributed by atoms with van der Waals surface area (Å²) in [6, 6.07) is 2.22. The van der Waals surface area contributed by atoms with Crippen molar-refractivity contribution in [3.8, 4) is 5.75 Å². The van der Waals surface area contributed by atoms with Gasteiger partial charge in [0.05, 0.1) is 30.2 Å². The molecule has 0 spiro atoms. The molecule has 3 aromatic rings. The molecule has 0 radical (unpaired) electrons. The molecule has 182 valence electrons. The van der Waals surface area contributed by atoms with Gasteiger partial charge in [0.15, 0.2) is 5.75 Å². The highest BCUT2D eigenvalue weighted by Crippen LogP contribution is 2.37. The van der Waals surface area contributed by atoms with Crippen LogP contribution in [0.15, 0.2) is 23.0 Å². The van der Waals surface area contributed by atoms with Gasteiger partial charge in [0.2, 0.25) is 0 Å². The lowest BCUT2D eigenvalue weighted by Gasteiger charge is -2.21. The summed E-state index contributed by atoms with van der Waals surface area (Å²) in [6.07, 6.45) is -4.56. The lowest BCUT2D eigenvalue weighted by atomic mass is 10.0. The van der Waals surface area contributed by atoms with Gasteiger partial charge in [0, 0.05) is 30.8 Å². The minimum atomic E-state index is -4.90. The van der Waals surface area contributed by atoms with Gasteiger partial charge in [-0.15, -0.1) is 0 Å². The monoisotopic (exact) mass is 481 g/mol. The number of aromatic nitrogens is 3. The van der Waals surface area contributed by atoms with Crippen LogP contribution in [0.2, 0.25) is 0 Å². The highest BCUT2D eigenvalue weighted by atomic mass is 19.4. The number of nitrogens with two attached hydrogens (primary N) is 1. The zero-order valence-electron chi connectivity index (χ0n) is 18.7. The quantitative estimate of drug-likeness (QED) is 0.423. The van der Waals surface area contributed by atoms with Crippen LogP contribution >= 0.6 is 0 Å². The summed E-state index contributed by atoms with van der Waals surface area (Å²) in [4.78, 5) is 21.5. The van der Waals surface area contributed by atoms with E-state index in [-0.39, 0.29) is 34.6 Å². The number of fused-ring (bicyclic) bond motifs is 1. The molecule has 1 saturated heterocycles. The van der Waals surface area contributed by atoms with Gasteiger partial charge in [-0.25, -0.2) is 14.4 Å². The number of hydrogen-bond acceptors (Lipinski definition) is 7. The molecule has 0 saturated carbocycles. The van der Waals surface area contributed by atoms with Crippen LogP contribution in [0.4, 0.5) is 29.1 Å². The smallest absolute Gasteiger partial charge is 0.419 e. The zero-order chi connectivity index (χ0) is 24.8. The first kappa shape index (κ1) is 23.7. The molecule has 0 bridgehead atoms. The van der Waals surface area contributed by atoms with Gasteiger partial charge in [0.25, 0.3) is 5.56 Å². The molecular formula is C22H23F4N5O3. The first-order chi connectivity index (χ1) is 16.0. The van der Waals surface area contributed by atoms with Crippen molar-refractivity contribution in [1.29, 1.82) is 0 Å². The van der Waals surface area contributed by atoms with Crippen molar-refractivity contribution in [3.05, 3.63) is 51.3 Å². The van der Waals surface area contributed by atoms with Crippen LogP contribution in [0.1, 0.15) is 36.3 Å². The van der Waals surface area contributed by atoms with E-state index in [1.807, 2.05) is 0 Å². The fraction of sp³-hybridized carbons (Fsp3) is 0.409. The number of alkyl halides is 3. The van der Waals surface area contributed by atoms with Crippen molar-refractivity contribution in [2.45, 2.75) is 38.6 Å². The molecule has 1 aromatic carbocycles.